The molecule has 64 valence electrons. The van der Waals surface area contributed by atoms with Gasteiger partial charge in [-0.25, -0.2) is 0 Å². The van der Waals surface area contributed by atoms with Gasteiger partial charge < -0.3 is 5.11 Å². The highest BCUT2D eigenvalue weighted by Gasteiger charge is 2.04. The third kappa shape index (κ3) is 3.27. The Morgan fingerprint density at radius 3 is 1.82 bits per heavy atom. The lowest BCUT2D eigenvalue weighted by atomic mass is 10.1. The van der Waals surface area contributed by atoms with Crippen molar-refractivity contribution in [1.29, 1.82) is 0 Å². The second kappa shape index (κ2) is 4.80. The van der Waals surface area contributed by atoms with E-state index < -0.39 is 0 Å². The molecule has 0 bridgehead atoms. The molecular weight excluding hydrogens is 251 g/mol. The van der Waals surface area contributed by atoms with E-state index in [1.54, 1.807) is 0 Å². The quantitative estimate of drug-likeness (QED) is 0.455. The predicted molar refractivity (Wildman–Crippen MR) is 58.0 cm³/mol. The molecule has 0 aromatic carbocycles. The minimum Gasteiger partial charge on any atom is -0.508 e. The third-order valence-corrected chi connectivity index (χ3v) is 2.18. The van der Waals surface area contributed by atoms with Gasteiger partial charge in [0.15, 0.2) is 0 Å². The molecule has 2 heteroatoms. The summed E-state index contributed by atoms with van der Waals surface area (Å²) in [5, 5.41) is 9.57. The number of hydrogen-bond donors (Lipinski definition) is 1. The number of aliphatic hydroxyl groups excluding tert-OH is 1. The first-order valence-electron chi connectivity index (χ1n) is 3.72. The third-order valence-electron chi connectivity index (χ3n) is 1.53. The SMILES string of the molecule is CC/C(C(O)=C(C)C)=C(/C)I. The van der Waals surface area contributed by atoms with E-state index in [1.807, 2.05) is 20.8 Å². The molecule has 0 rings (SSSR count). The standard InChI is InChI=1S/C9H15IO/c1-5-8(7(4)10)9(11)6(2)3/h11H,5H2,1-4H3/b8-7+. The van der Waals surface area contributed by atoms with Crippen molar-refractivity contribution in [2.45, 2.75) is 34.1 Å². The lowest BCUT2D eigenvalue weighted by Gasteiger charge is -2.06. The lowest BCUT2D eigenvalue weighted by Crippen LogP contribution is -1.91. The van der Waals surface area contributed by atoms with Crippen molar-refractivity contribution < 1.29 is 5.11 Å². The largest absolute Gasteiger partial charge is 0.508 e. The lowest BCUT2D eigenvalue weighted by molar-refractivity contribution is 0.413. The average molecular weight is 266 g/mol. The van der Waals surface area contributed by atoms with Crippen LogP contribution in [0, 0.1) is 0 Å². The molecule has 0 amide bonds. The van der Waals surface area contributed by atoms with E-state index in [1.165, 1.54) is 3.58 Å². The van der Waals surface area contributed by atoms with Gasteiger partial charge in [-0.3, -0.25) is 0 Å². The average Bonchev–Trinajstić information content (AvgIpc) is 1.88. The molecule has 0 aromatic heterocycles. The first kappa shape index (κ1) is 11.0. The van der Waals surface area contributed by atoms with E-state index in [-0.39, 0.29) is 0 Å². The number of aliphatic hydroxyl groups is 1. The van der Waals surface area contributed by atoms with E-state index in [9.17, 15) is 5.11 Å². The molecule has 1 nitrogen and oxygen atoms in total. The molecule has 0 atom stereocenters. The topological polar surface area (TPSA) is 20.2 Å². The van der Waals surface area contributed by atoms with Crippen molar-refractivity contribution >= 4 is 22.6 Å². The Bertz CT molecular complexity index is 194. The minimum absolute atomic E-state index is 0.458. The molecule has 0 aliphatic carbocycles. The monoisotopic (exact) mass is 266 g/mol. The second-order valence-electron chi connectivity index (χ2n) is 2.71. The molecule has 0 aromatic rings. The first-order valence-corrected chi connectivity index (χ1v) is 4.80. The number of rotatable bonds is 2. The van der Waals surface area contributed by atoms with Crippen LogP contribution in [0.15, 0.2) is 20.5 Å². The maximum Gasteiger partial charge on any atom is 0.118 e. The fourth-order valence-electron chi connectivity index (χ4n) is 0.876. The number of allylic oxidation sites excluding steroid dienone is 3. The Labute approximate surface area is 82.3 Å². The molecule has 0 saturated carbocycles. The van der Waals surface area contributed by atoms with Crippen molar-refractivity contribution in [3.8, 4) is 0 Å². The van der Waals surface area contributed by atoms with Gasteiger partial charge in [0.1, 0.15) is 5.76 Å². The highest BCUT2D eigenvalue weighted by atomic mass is 127. The maximum absolute atomic E-state index is 9.57. The molecule has 0 spiro atoms. The van der Waals surface area contributed by atoms with Crippen molar-refractivity contribution in [2.24, 2.45) is 0 Å². The van der Waals surface area contributed by atoms with Crippen molar-refractivity contribution in [2.75, 3.05) is 0 Å². The maximum atomic E-state index is 9.57. The van der Waals surface area contributed by atoms with Crippen molar-refractivity contribution in [1.82, 2.24) is 0 Å². The summed E-state index contributed by atoms with van der Waals surface area (Å²) in [5.41, 5.74) is 2.04. The molecule has 0 fully saturated rings. The van der Waals surface area contributed by atoms with Crippen LogP contribution >= 0.6 is 22.6 Å². The van der Waals surface area contributed by atoms with Gasteiger partial charge in [-0.05, 0) is 58.9 Å². The Kier molecular flexibility index (Phi) is 4.81. The van der Waals surface area contributed by atoms with Crippen LogP contribution in [0.4, 0.5) is 0 Å². The van der Waals surface area contributed by atoms with Crippen LogP contribution in [0.25, 0.3) is 0 Å². The molecular formula is C9H15IO. The number of hydrogen-bond acceptors (Lipinski definition) is 1. The van der Waals surface area contributed by atoms with E-state index in [0.29, 0.717) is 5.76 Å². The van der Waals surface area contributed by atoms with Crippen molar-refractivity contribution in [3.05, 3.63) is 20.5 Å². The van der Waals surface area contributed by atoms with Crippen LogP contribution in [0.3, 0.4) is 0 Å². The molecule has 0 radical (unpaired) electrons. The van der Waals surface area contributed by atoms with Gasteiger partial charge in [-0.15, -0.1) is 0 Å². The van der Waals surface area contributed by atoms with Crippen LogP contribution in [0.2, 0.25) is 0 Å². The second-order valence-corrected chi connectivity index (χ2v) is 4.33. The van der Waals surface area contributed by atoms with Gasteiger partial charge in [0, 0.05) is 5.57 Å². The molecule has 0 saturated heterocycles. The molecule has 0 unspecified atom stereocenters. The molecule has 0 aliphatic rings. The summed E-state index contributed by atoms with van der Waals surface area (Å²) < 4.78 is 1.17. The molecule has 11 heavy (non-hydrogen) atoms. The Morgan fingerprint density at radius 1 is 1.27 bits per heavy atom. The first-order chi connectivity index (χ1) is 5.00. The van der Waals surface area contributed by atoms with Crippen LogP contribution in [-0.4, -0.2) is 5.11 Å². The Balaban J connectivity index is 4.84. The smallest absolute Gasteiger partial charge is 0.118 e. The molecule has 0 aliphatic heterocycles. The van der Waals surface area contributed by atoms with Gasteiger partial charge in [-0.1, -0.05) is 6.92 Å². The summed E-state index contributed by atoms with van der Waals surface area (Å²) in [6.45, 7) is 7.91. The van der Waals surface area contributed by atoms with E-state index >= 15 is 0 Å². The van der Waals surface area contributed by atoms with Crippen LogP contribution < -0.4 is 0 Å². The summed E-state index contributed by atoms with van der Waals surface area (Å²) in [4.78, 5) is 0. The van der Waals surface area contributed by atoms with Gasteiger partial charge >= 0.3 is 0 Å². The highest BCUT2D eigenvalue weighted by Crippen LogP contribution is 2.22. The van der Waals surface area contributed by atoms with E-state index in [0.717, 1.165) is 17.6 Å². The normalized spacial score (nSPS) is 12.5. The van der Waals surface area contributed by atoms with Crippen LogP contribution in [-0.2, 0) is 0 Å². The van der Waals surface area contributed by atoms with Gasteiger partial charge in [-0.2, -0.15) is 0 Å². The highest BCUT2D eigenvalue weighted by molar-refractivity contribution is 14.1. The van der Waals surface area contributed by atoms with E-state index in [4.69, 9.17) is 0 Å². The predicted octanol–water partition coefficient (Wildman–Crippen LogP) is 3.96. The number of halogens is 1. The van der Waals surface area contributed by atoms with Crippen molar-refractivity contribution in [3.63, 3.8) is 0 Å². The zero-order valence-corrected chi connectivity index (χ0v) is 9.69. The van der Waals surface area contributed by atoms with E-state index in [2.05, 4.69) is 29.5 Å². The van der Waals surface area contributed by atoms with Gasteiger partial charge in [0.05, 0.1) is 0 Å². The minimum atomic E-state index is 0.458. The summed E-state index contributed by atoms with van der Waals surface area (Å²) in [5.74, 6) is 0.458. The fraction of sp³-hybridized carbons (Fsp3) is 0.556. The summed E-state index contributed by atoms with van der Waals surface area (Å²) >= 11 is 2.24. The summed E-state index contributed by atoms with van der Waals surface area (Å²) in [7, 11) is 0. The Hall–Kier alpha value is 0.01000. The molecule has 0 heterocycles. The zero-order chi connectivity index (χ0) is 9.02. The zero-order valence-electron chi connectivity index (χ0n) is 7.53. The summed E-state index contributed by atoms with van der Waals surface area (Å²) in [6, 6.07) is 0. The van der Waals surface area contributed by atoms with Crippen LogP contribution in [0.5, 0.6) is 0 Å². The fourth-order valence-corrected chi connectivity index (χ4v) is 1.51. The van der Waals surface area contributed by atoms with Gasteiger partial charge in [0.25, 0.3) is 0 Å². The summed E-state index contributed by atoms with van der Waals surface area (Å²) in [6.07, 6.45) is 0.895. The van der Waals surface area contributed by atoms with Crippen LogP contribution in [0.1, 0.15) is 34.1 Å². The molecule has 1 N–H and O–H groups in total. The Morgan fingerprint density at radius 2 is 1.73 bits per heavy atom. The van der Waals surface area contributed by atoms with Gasteiger partial charge in [0.2, 0.25) is 0 Å².